The van der Waals surface area contributed by atoms with Crippen LogP contribution in [0.5, 0.6) is 0 Å². The van der Waals surface area contributed by atoms with Crippen molar-refractivity contribution in [3.63, 3.8) is 0 Å². The van der Waals surface area contributed by atoms with Crippen molar-refractivity contribution in [2.24, 2.45) is 0 Å². The summed E-state index contributed by atoms with van der Waals surface area (Å²) in [6.45, 7) is 3.65. The Morgan fingerprint density at radius 3 is 2.74 bits per heavy atom. The summed E-state index contributed by atoms with van der Waals surface area (Å²) in [5.74, 6) is 0.352. The van der Waals surface area contributed by atoms with E-state index in [0.29, 0.717) is 11.6 Å². The van der Waals surface area contributed by atoms with E-state index in [1.54, 1.807) is 26.1 Å². The Morgan fingerprint density at radius 1 is 1.30 bits per heavy atom. The molecule has 2 aromatic rings. The highest BCUT2D eigenvalue weighted by Gasteiger charge is 2.12. The molecule has 1 aromatic heterocycles. The highest BCUT2D eigenvalue weighted by Crippen LogP contribution is 2.08. The SMILES string of the molecule is Cc1cccc(/C=C/C(=O)N(C)CC(=O)Nc2cc(C)on2)c1. The molecule has 0 aliphatic rings. The molecule has 0 saturated carbocycles. The molecular formula is C17H19N3O3. The van der Waals surface area contributed by atoms with E-state index in [9.17, 15) is 9.59 Å². The van der Waals surface area contributed by atoms with Crippen LogP contribution in [0, 0.1) is 13.8 Å². The van der Waals surface area contributed by atoms with E-state index in [1.165, 1.54) is 11.0 Å². The molecule has 0 unspecified atom stereocenters. The van der Waals surface area contributed by atoms with Gasteiger partial charge in [0.2, 0.25) is 11.8 Å². The van der Waals surface area contributed by atoms with Crippen LogP contribution >= 0.6 is 0 Å². The minimum Gasteiger partial charge on any atom is -0.360 e. The minimum absolute atomic E-state index is 0.0666. The van der Waals surface area contributed by atoms with Crippen LogP contribution in [0.2, 0.25) is 0 Å². The number of aromatic nitrogens is 1. The molecule has 0 atom stereocenters. The van der Waals surface area contributed by atoms with Crippen molar-refractivity contribution >= 4 is 23.7 Å². The van der Waals surface area contributed by atoms with Gasteiger partial charge in [-0.15, -0.1) is 0 Å². The number of carbonyl (C=O) groups is 2. The number of likely N-dealkylation sites (N-methyl/N-ethyl adjacent to an activating group) is 1. The molecule has 0 aliphatic heterocycles. The molecule has 0 bridgehead atoms. The number of hydrogen-bond donors (Lipinski definition) is 1. The van der Waals surface area contributed by atoms with Crippen molar-refractivity contribution in [3.8, 4) is 0 Å². The molecule has 1 aromatic carbocycles. The van der Waals surface area contributed by atoms with Gasteiger partial charge in [0.1, 0.15) is 5.76 Å². The Morgan fingerprint density at radius 2 is 2.09 bits per heavy atom. The van der Waals surface area contributed by atoms with E-state index < -0.39 is 0 Å². The first kappa shape index (κ1) is 16.5. The summed E-state index contributed by atoms with van der Waals surface area (Å²) in [7, 11) is 1.57. The van der Waals surface area contributed by atoms with Crippen LogP contribution < -0.4 is 5.32 Å². The number of nitrogens with zero attached hydrogens (tertiary/aromatic N) is 2. The molecule has 0 saturated heterocycles. The first-order valence-corrected chi connectivity index (χ1v) is 7.17. The molecule has 2 rings (SSSR count). The second-order valence-corrected chi connectivity index (χ2v) is 5.31. The van der Waals surface area contributed by atoms with Crippen molar-refractivity contribution in [2.75, 3.05) is 18.9 Å². The number of benzene rings is 1. The van der Waals surface area contributed by atoms with Gasteiger partial charge < -0.3 is 14.7 Å². The maximum absolute atomic E-state index is 12.0. The Bertz CT molecular complexity index is 734. The van der Waals surface area contributed by atoms with Gasteiger partial charge in [-0.2, -0.15) is 0 Å². The second kappa shape index (κ2) is 7.40. The molecule has 1 heterocycles. The van der Waals surface area contributed by atoms with E-state index in [2.05, 4.69) is 10.5 Å². The molecular weight excluding hydrogens is 294 g/mol. The van der Waals surface area contributed by atoms with E-state index in [-0.39, 0.29) is 18.4 Å². The van der Waals surface area contributed by atoms with Gasteiger partial charge in [0.15, 0.2) is 5.82 Å². The summed E-state index contributed by atoms with van der Waals surface area (Å²) in [5, 5.41) is 6.24. The van der Waals surface area contributed by atoms with Crippen LogP contribution in [0.25, 0.3) is 6.08 Å². The maximum atomic E-state index is 12.0. The van der Waals surface area contributed by atoms with Crippen molar-refractivity contribution < 1.29 is 14.1 Å². The van der Waals surface area contributed by atoms with Crippen molar-refractivity contribution in [1.29, 1.82) is 0 Å². The topological polar surface area (TPSA) is 75.4 Å². The lowest BCUT2D eigenvalue weighted by Crippen LogP contribution is -2.33. The zero-order valence-electron chi connectivity index (χ0n) is 13.4. The smallest absolute Gasteiger partial charge is 0.246 e. The molecule has 0 fully saturated rings. The lowest BCUT2D eigenvalue weighted by atomic mass is 10.1. The number of rotatable bonds is 5. The van der Waals surface area contributed by atoms with Crippen molar-refractivity contribution in [1.82, 2.24) is 10.1 Å². The molecule has 6 nitrogen and oxygen atoms in total. The summed E-state index contributed by atoms with van der Waals surface area (Å²) in [6, 6.07) is 9.41. The average molecular weight is 313 g/mol. The Labute approximate surface area is 134 Å². The first-order valence-electron chi connectivity index (χ1n) is 7.17. The van der Waals surface area contributed by atoms with Gasteiger partial charge in [-0.1, -0.05) is 35.0 Å². The van der Waals surface area contributed by atoms with E-state index >= 15 is 0 Å². The zero-order valence-corrected chi connectivity index (χ0v) is 13.4. The fourth-order valence-corrected chi connectivity index (χ4v) is 1.97. The van der Waals surface area contributed by atoms with E-state index in [0.717, 1.165) is 11.1 Å². The Kier molecular flexibility index (Phi) is 5.30. The van der Waals surface area contributed by atoms with Gasteiger partial charge in [-0.05, 0) is 25.5 Å². The number of aryl methyl sites for hydroxylation is 2. The third-order valence-electron chi connectivity index (χ3n) is 3.11. The number of hydrogen-bond acceptors (Lipinski definition) is 4. The summed E-state index contributed by atoms with van der Waals surface area (Å²) in [6.07, 6.45) is 3.17. The lowest BCUT2D eigenvalue weighted by Gasteiger charge is -2.13. The molecule has 120 valence electrons. The largest absolute Gasteiger partial charge is 0.360 e. The number of amides is 2. The number of anilines is 1. The normalized spacial score (nSPS) is 10.7. The Balaban J connectivity index is 1.88. The summed E-state index contributed by atoms with van der Waals surface area (Å²) >= 11 is 0. The van der Waals surface area contributed by atoms with Crippen LogP contribution in [-0.2, 0) is 9.59 Å². The molecule has 6 heteroatoms. The first-order chi connectivity index (χ1) is 10.9. The molecule has 23 heavy (non-hydrogen) atoms. The fraction of sp³-hybridized carbons (Fsp3) is 0.235. The molecule has 2 amide bonds. The van der Waals surface area contributed by atoms with Crippen molar-refractivity contribution in [2.45, 2.75) is 13.8 Å². The average Bonchev–Trinajstić information content (AvgIpc) is 2.89. The van der Waals surface area contributed by atoms with Crippen LogP contribution in [0.3, 0.4) is 0 Å². The monoisotopic (exact) mass is 313 g/mol. The third-order valence-corrected chi connectivity index (χ3v) is 3.11. The van der Waals surface area contributed by atoms with Crippen LogP contribution in [0.15, 0.2) is 40.9 Å². The van der Waals surface area contributed by atoms with Gasteiger partial charge >= 0.3 is 0 Å². The minimum atomic E-state index is -0.335. The van der Waals surface area contributed by atoms with Crippen LogP contribution in [0.1, 0.15) is 16.9 Å². The summed E-state index contributed by atoms with van der Waals surface area (Å²) in [5.41, 5.74) is 2.06. The fourth-order valence-electron chi connectivity index (χ4n) is 1.97. The highest BCUT2D eigenvalue weighted by atomic mass is 16.5. The van der Waals surface area contributed by atoms with Crippen LogP contribution in [0.4, 0.5) is 5.82 Å². The third kappa shape index (κ3) is 5.10. The standard InChI is InChI=1S/C17H19N3O3/c1-12-5-4-6-14(9-12)7-8-17(22)20(3)11-16(21)18-15-10-13(2)23-19-15/h4-10H,11H2,1-3H3,(H,18,19,21)/b8-7+. The zero-order chi connectivity index (χ0) is 16.8. The number of nitrogens with one attached hydrogen (secondary N) is 1. The van der Waals surface area contributed by atoms with Crippen LogP contribution in [-0.4, -0.2) is 35.5 Å². The van der Waals surface area contributed by atoms with Gasteiger partial charge in [0.05, 0.1) is 6.54 Å². The van der Waals surface area contributed by atoms with Gasteiger partial charge in [0.25, 0.3) is 0 Å². The van der Waals surface area contributed by atoms with Gasteiger partial charge in [-0.3, -0.25) is 9.59 Å². The van der Waals surface area contributed by atoms with Gasteiger partial charge in [0, 0.05) is 19.2 Å². The maximum Gasteiger partial charge on any atom is 0.246 e. The summed E-state index contributed by atoms with van der Waals surface area (Å²) in [4.78, 5) is 25.2. The van der Waals surface area contributed by atoms with E-state index in [1.807, 2.05) is 31.2 Å². The number of carbonyl (C=O) groups excluding carboxylic acids is 2. The lowest BCUT2D eigenvalue weighted by molar-refractivity contribution is -0.129. The summed E-state index contributed by atoms with van der Waals surface area (Å²) < 4.78 is 4.86. The van der Waals surface area contributed by atoms with Gasteiger partial charge in [-0.25, -0.2) is 0 Å². The molecule has 0 spiro atoms. The highest BCUT2D eigenvalue weighted by molar-refractivity contribution is 5.97. The molecule has 1 N–H and O–H groups in total. The second-order valence-electron chi connectivity index (χ2n) is 5.31. The molecule has 0 radical (unpaired) electrons. The quantitative estimate of drug-likeness (QED) is 0.860. The van der Waals surface area contributed by atoms with Crippen molar-refractivity contribution in [3.05, 3.63) is 53.3 Å². The predicted molar refractivity (Wildman–Crippen MR) is 87.7 cm³/mol. The molecule has 0 aliphatic carbocycles. The predicted octanol–water partition coefficient (Wildman–Crippen LogP) is 2.40. The van der Waals surface area contributed by atoms with E-state index in [4.69, 9.17) is 4.52 Å². The Hall–Kier alpha value is -2.89.